The third-order valence-corrected chi connectivity index (χ3v) is 6.10. The number of hydrogen-bond acceptors (Lipinski definition) is 2. The largest absolute Gasteiger partial charge is 0.371 e. The van der Waals surface area contributed by atoms with Gasteiger partial charge in [0.1, 0.15) is 0 Å². The van der Waals surface area contributed by atoms with Gasteiger partial charge in [0.05, 0.1) is 17.4 Å². The van der Waals surface area contributed by atoms with E-state index in [-0.39, 0.29) is 6.04 Å². The molecule has 5 rings (SSSR count). The fourth-order valence-corrected chi connectivity index (χ4v) is 4.28. The molecule has 0 radical (unpaired) electrons. The Morgan fingerprint density at radius 3 is 2.34 bits per heavy atom. The maximum Gasteiger partial charge on any atom is 0.0936 e. The predicted octanol–water partition coefficient (Wildman–Crippen LogP) is 6.93. The van der Waals surface area contributed by atoms with Crippen molar-refractivity contribution in [3.05, 3.63) is 105 Å². The van der Waals surface area contributed by atoms with E-state index in [0.29, 0.717) is 0 Å². The van der Waals surface area contributed by atoms with E-state index in [1.54, 1.807) is 0 Å². The molecule has 0 spiro atoms. The van der Waals surface area contributed by atoms with E-state index in [1.807, 2.05) is 30.5 Å². The summed E-state index contributed by atoms with van der Waals surface area (Å²) < 4.78 is 2.12. The topological polar surface area (TPSA) is 40.2 Å². The van der Waals surface area contributed by atoms with Gasteiger partial charge in [-0.2, -0.15) is 0 Å². The first kappa shape index (κ1) is 18.4. The van der Waals surface area contributed by atoms with Gasteiger partial charge in [-0.25, -0.2) is 0 Å². The summed E-state index contributed by atoms with van der Waals surface area (Å²) in [5.41, 5.74) is 6.46. The molecule has 5 heteroatoms. The maximum atomic E-state index is 4.90. The van der Waals surface area contributed by atoms with Gasteiger partial charge in [-0.05, 0) is 35.9 Å². The minimum atomic E-state index is -0.0239. The number of aromatic nitrogens is 1. The molecule has 0 amide bonds. The second-order valence-corrected chi connectivity index (χ2v) is 8.76. The molecule has 2 N–H and O–H groups in total. The van der Waals surface area contributed by atoms with Crippen molar-refractivity contribution in [2.24, 2.45) is 4.99 Å². The van der Waals surface area contributed by atoms with E-state index in [9.17, 15) is 0 Å². The number of nitrogens with zero attached hydrogens (tertiary/aromatic N) is 1. The van der Waals surface area contributed by atoms with Gasteiger partial charge in [0.15, 0.2) is 0 Å². The minimum absolute atomic E-state index is 0.0239. The van der Waals surface area contributed by atoms with Crippen LogP contribution in [0.5, 0.6) is 0 Å². The van der Waals surface area contributed by atoms with Crippen LogP contribution in [0, 0.1) is 0 Å². The zero-order valence-electron chi connectivity index (χ0n) is 15.4. The molecule has 2 heterocycles. The van der Waals surface area contributed by atoms with Crippen molar-refractivity contribution < 1.29 is 0 Å². The number of hydrogen-bond donors (Lipinski definition) is 2. The van der Waals surface area contributed by atoms with Crippen LogP contribution in [0.15, 0.2) is 92.9 Å². The summed E-state index contributed by atoms with van der Waals surface area (Å²) in [5.74, 6) is 0. The molecule has 1 aliphatic heterocycles. The van der Waals surface area contributed by atoms with Crippen LogP contribution in [0.4, 0.5) is 0 Å². The highest BCUT2D eigenvalue weighted by Gasteiger charge is 2.22. The van der Waals surface area contributed by atoms with Gasteiger partial charge in [0.2, 0.25) is 0 Å². The van der Waals surface area contributed by atoms with Crippen molar-refractivity contribution in [2.75, 3.05) is 0 Å². The zero-order chi connectivity index (χ0) is 19.8. The lowest BCUT2D eigenvalue weighted by atomic mass is 9.99. The third-order valence-electron chi connectivity index (χ3n) is 5.08. The molecule has 0 saturated carbocycles. The van der Waals surface area contributed by atoms with E-state index < -0.39 is 0 Å². The number of aromatic amines is 1. The molecule has 3 nitrogen and oxygen atoms in total. The lowest BCUT2D eigenvalue weighted by Crippen LogP contribution is -2.25. The number of benzene rings is 3. The SMILES string of the molecule is Brc1ccc(C2=C(c3ccccc3)N=CC(c3c[nH]c4ccc(Br)cc34)N2)cc1. The Labute approximate surface area is 185 Å². The highest BCUT2D eigenvalue weighted by molar-refractivity contribution is 9.10. The lowest BCUT2D eigenvalue weighted by molar-refractivity contribution is 0.822. The summed E-state index contributed by atoms with van der Waals surface area (Å²) in [6.07, 6.45) is 4.06. The first-order valence-corrected chi connectivity index (χ1v) is 10.9. The minimum Gasteiger partial charge on any atom is -0.371 e. The number of nitrogens with one attached hydrogen (secondary N) is 2. The molecule has 0 fully saturated rings. The van der Waals surface area contributed by atoms with Gasteiger partial charge in [-0.15, -0.1) is 0 Å². The monoisotopic (exact) mass is 505 g/mol. The number of aliphatic imine (C=N–C) groups is 1. The van der Waals surface area contributed by atoms with Crippen molar-refractivity contribution in [1.29, 1.82) is 0 Å². The van der Waals surface area contributed by atoms with Gasteiger partial charge < -0.3 is 10.3 Å². The van der Waals surface area contributed by atoms with Crippen LogP contribution in [0.3, 0.4) is 0 Å². The molecule has 1 aliphatic rings. The standard InChI is InChI=1S/C24H17Br2N3/c25-17-8-6-16(7-9-17)24-23(15-4-2-1-3-5-15)28-14-22(29-24)20-13-27-21-11-10-18(26)12-19(20)21/h1-14,22,27,29H. The Balaban J connectivity index is 1.61. The summed E-state index contributed by atoms with van der Waals surface area (Å²) >= 11 is 7.12. The summed E-state index contributed by atoms with van der Waals surface area (Å²) in [6, 6.07) is 24.9. The molecular weight excluding hydrogens is 490 g/mol. The molecule has 0 saturated heterocycles. The Kier molecular flexibility index (Phi) is 4.86. The number of fused-ring (bicyclic) bond motifs is 1. The van der Waals surface area contributed by atoms with Crippen LogP contribution in [0.1, 0.15) is 22.7 Å². The molecule has 29 heavy (non-hydrogen) atoms. The van der Waals surface area contributed by atoms with Crippen molar-refractivity contribution in [3.8, 4) is 0 Å². The first-order valence-electron chi connectivity index (χ1n) is 9.32. The fourth-order valence-electron chi connectivity index (χ4n) is 3.66. The van der Waals surface area contributed by atoms with Crippen molar-refractivity contribution >= 4 is 60.4 Å². The maximum absolute atomic E-state index is 4.90. The van der Waals surface area contributed by atoms with Gasteiger partial charge in [0, 0.05) is 43.4 Å². The lowest BCUT2D eigenvalue weighted by Gasteiger charge is -2.25. The molecule has 1 atom stereocenters. The van der Waals surface area contributed by atoms with Crippen LogP contribution in [0.2, 0.25) is 0 Å². The summed E-state index contributed by atoms with van der Waals surface area (Å²) in [7, 11) is 0. The Morgan fingerprint density at radius 1 is 0.793 bits per heavy atom. The van der Waals surface area contributed by atoms with Gasteiger partial charge in [-0.3, -0.25) is 4.99 Å². The third kappa shape index (κ3) is 3.56. The Bertz CT molecular complexity index is 1240. The Hall–Kier alpha value is -2.63. The summed E-state index contributed by atoms with van der Waals surface area (Å²) in [4.78, 5) is 8.27. The van der Waals surface area contributed by atoms with E-state index >= 15 is 0 Å². The van der Waals surface area contributed by atoms with Crippen LogP contribution in [0.25, 0.3) is 22.3 Å². The molecule has 1 unspecified atom stereocenters. The average Bonchev–Trinajstić information content (AvgIpc) is 3.17. The highest BCUT2D eigenvalue weighted by atomic mass is 79.9. The fraction of sp³-hybridized carbons (Fsp3) is 0.0417. The van der Waals surface area contributed by atoms with E-state index in [1.165, 1.54) is 10.9 Å². The second kappa shape index (κ2) is 7.65. The molecule has 1 aromatic heterocycles. The quantitative estimate of drug-likeness (QED) is 0.310. The van der Waals surface area contributed by atoms with Crippen molar-refractivity contribution in [3.63, 3.8) is 0 Å². The van der Waals surface area contributed by atoms with Crippen molar-refractivity contribution in [1.82, 2.24) is 10.3 Å². The molecule has 0 aliphatic carbocycles. The van der Waals surface area contributed by atoms with Gasteiger partial charge in [-0.1, -0.05) is 74.3 Å². The zero-order valence-corrected chi connectivity index (χ0v) is 18.5. The number of H-pyrrole nitrogens is 1. The van der Waals surface area contributed by atoms with Gasteiger partial charge in [0.25, 0.3) is 0 Å². The summed E-state index contributed by atoms with van der Waals surface area (Å²) in [6.45, 7) is 0. The molecule has 4 aromatic rings. The van der Waals surface area contributed by atoms with E-state index in [0.717, 1.165) is 37.0 Å². The molecule has 3 aromatic carbocycles. The molecule has 0 bridgehead atoms. The highest BCUT2D eigenvalue weighted by Crippen LogP contribution is 2.34. The van der Waals surface area contributed by atoms with E-state index in [4.69, 9.17) is 4.99 Å². The van der Waals surface area contributed by atoms with Crippen LogP contribution in [-0.4, -0.2) is 11.2 Å². The molecule has 142 valence electrons. The average molecular weight is 507 g/mol. The van der Waals surface area contributed by atoms with Crippen molar-refractivity contribution in [2.45, 2.75) is 6.04 Å². The second-order valence-electron chi connectivity index (χ2n) is 6.93. The van der Waals surface area contributed by atoms with Crippen LogP contribution < -0.4 is 5.32 Å². The van der Waals surface area contributed by atoms with Gasteiger partial charge >= 0.3 is 0 Å². The normalized spacial score (nSPS) is 16.3. The predicted molar refractivity (Wildman–Crippen MR) is 128 cm³/mol. The first-order chi connectivity index (χ1) is 14.2. The summed E-state index contributed by atoms with van der Waals surface area (Å²) in [5, 5.41) is 4.91. The number of halogens is 2. The smallest absolute Gasteiger partial charge is 0.0936 e. The molecular formula is C24H17Br2N3. The Morgan fingerprint density at radius 2 is 1.55 bits per heavy atom. The van der Waals surface area contributed by atoms with Crippen LogP contribution in [-0.2, 0) is 0 Å². The van der Waals surface area contributed by atoms with E-state index in [2.05, 4.69) is 96.9 Å². The number of rotatable bonds is 3. The van der Waals surface area contributed by atoms with Crippen LogP contribution >= 0.6 is 31.9 Å².